The molecule has 1 N–H and O–H groups in total. The molecule has 0 saturated carbocycles. The van der Waals surface area contributed by atoms with Crippen LogP contribution in [0.1, 0.15) is 25.0 Å². The predicted octanol–water partition coefficient (Wildman–Crippen LogP) is 4.31. The molecule has 6 heteroatoms. The molecule has 3 rings (SSSR count). The van der Waals surface area contributed by atoms with E-state index in [0.717, 1.165) is 16.0 Å². The zero-order chi connectivity index (χ0) is 20.8. The number of hydrogen-bond donors (Lipinski definition) is 1. The van der Waals surface area contributed by atoms with Crippen molar-refractivity contribution in [3.8, 4) is 11.5 Å². The molecule has 150 valence electrons. The number of hydrogen-bond acceptors (Lipinski definition) is 4. The van der Waals surface area contributed by atoms with Crippen LogP contribution in [0.4, 0.5) is 10.5 Å². The molecular formula is C23H24N2O4. The van der Waals surface area contributed by atoms with Crippen LogP contribution < -0.4 is 19.7 Å². The maximum absolute atomic E-state index is 12.8. The van der Waals surface area contributed by atoms with Crippen molar-refractivity contribution in [1.82, 2.24) is 5.32 Å². The van der Waals surface area contributed by atoms with Gasteiger partial charge in [-0.25, -0.2) is 9.69 Å². The summed E-state index contributed by atoms with van der Waals surface area (Å²) in [5.41, 5.74) is 2.35. The second-order valence-electron chi connectivity index (χ2n) is 6.33. The zero-order valence-corrected chi connectivity index (χ0v) is 16.6. The van der Waals surface area contributed by atoms with Crippen molar-refractivity contribution in [2.24, 2.45) is 0 Å². The third-order valence-electron chi connectivity index (χ3n) is 4.31. The lowest BCUT2D eigenvalue weighted by atomic mass is 10.0. The first-order valence-corrected chi connectivity index (χ1v) is 9.54. The summed E-state index contributed by atoms with van der Waals surface area (Å²) >= 11 is 0. The monoisotopic (exact) mass is 392 g/mol. The van der Waals surface area contributed by atoms with Gasteiger partial charge in [-0.3, -0.25) is 4.79 Å². The van der Waals surface area contributed by atoms with Crippen LogP contribution in [0, 0.1) is 0 Å². The summed E-state index contributed by atoms with van der Waals surface area (Å²) < 4.78 is 11.5. The standard InChI is InChI=1S/C23H24N2O4/c1-4-10-17-13-16(15-20(28-5-2)21(17)29-6-3)14-19-22(26)25(23(27)24-19)18-11-8-7-9-12-18/h4,7-9,11-15H,1,5-6,10H2,2-3H3,(H,24,27). The molecule has 1 saturated heterocycles. The minimum atomic E-state index is -0.477. The highest BCUT2D eigenvalue weighted by molar-refractivity contribution is 6.28. The number of urea groups is 1. The van der Waals surface area contributed by atoms with Gasteiger partial charge in [0.2, 0.25) is 0 Å². The van der Waals surface area contributed by atoms with Gasteiger partial charge in [0, 0.05) is 5.56 Å². The molecule has 0 bridgehead atoms. The topological polar surface area (TPSA) is 67.9 Å². The number of ether oxygens (including phenoxy) is 2. The van der Waals surface area contributed by atoms with Gasteiger partial charge >= 0.3 is 6.03 Å². The highest BCUT2D eigenvalue weighted by Gasteiger charge is 2.34. The van der Waals surface area contributed by atoms with Crippen LogP contribution in [-0.2, 0) is 11.2 Å². The van der Waals surface area contributed by atoms with Gasteiger partial charge in [0.1, 0.15) is 5.70 Å². The Kier molecular flexibility index (Phi) is 6.34. The Balaban J connectivity index is 2.00. The Morgan fingerprint density at radius 2 is 1.79 bits per heavy atom. The fourth-order valence-electron chi connectivity index (χ4n) is 3.16. The average molecular weight is 392 g/mol. The van der Waals surface area contributed by atoms with Crippen molar-refractivity contribution in [1.29, 1.82) is 0 Å². The summed E-state index contributed by atoms with van der Waals surface area (Å²) in [6.45, 7) is 8.59. The molecule has 1 heterocycles. The minimum absolute atomic E-state index is 0.204. The van der Waals surface area contributed by atoms with E-state index in [1.54, 1.807) is 42.5 Å². The lowest BCUT2D eigenvalue weighted by Crippen LogP contribution is -2.30. The first-order valence-electron chi connectivity index (χ1n) is 9.54. The molecule has 0 aliphatic carbocycles. The normalized spacial score (nSPS) is 14.8. The van der Waals surface area contributed by atoms with E-state index >= 15 is 0 Å². The van der Waals surface area contributed by atoms with E-state index in [2.05, 4.69) is 11.9 Å². The number of carbonyl (C=O) groups is 2. The zero-order valence-electron chi connectivity index (χ0n) is 16.6. The quantitative estimate of drug-likeness (QED) is 0.413. The van der Waals surface area contributed by atoms with Crippen molar-refractivity contribution >= 4 is 23.7 Å². The highest BCUT2D eigenvalue weighted by Crippen LogP contribution is 2.35. The van der Waals surface area contributed by atoms with Crippen LogP contribution in [0.3, 0.4) is 0 Å². The number of nitrogens with zero attached hydrogens (tertiary/aromatic N) is 1. The lowest BCUT2D eigenvalue weighted by Gasteiger charge is -2.16. The van der Waals surface area contributed by atoms with Gasteiger partial charge in [0.05, 0.1) is 18.9 Å². The number of para-hydroxylation sites is 1. The van der Waals surface area contributed by atoms with E-state index in [0.29, 0.717) is 36.8 Å². The van der Waals surface area contributed by atoms with Crippen LogP contribution in [0.15, 0.2) is 60.8 Å². The van der Waals surface area contributed by atoms with Gasteiger partial charge in [-0.2, -0.15) is 0 Å². The van der Waals surface area contributed by atoms with E-state index < -0.39 is 11.9 Å². The molecule has 2 aromatic rings. The number of carbonyl (C=O) groups excluding carboxylic acids is 2. The third kappa shape index (κ3) is 4.32. The van der Waals surface area contributed by atoms with Crippen LogP contribution in [0.2, 0.25) is 0 Å². The van der Waals surface area contributed by atoms with Gasteiger partial charge in [0.25, 0.3) is 5.91 Å². The molecule has 1 fully saturated rings. The summed E-state index contributed by atoms with van der Waals surface area (Å²) in [4.78, 5) is 26.3. The lowest BCUT2D eigenvalue weighted by molar-refractivity contribution is -0.113. The Hall–Kier alpha value is -3.54. The Labute approximate surface area is 170 Å². The SMILES string of the molecule is C=CCc1cc(C=C2NC(=O)N(c3ccccc3)C2=O)cc(OCC)c1OCC. The van der Waals surface area contributed by atoms with Crippen molar-refractivity contribution in [3.63, 3.8) is 0 Å². The number of allylic oxidation sites excluding steroid dienone is 1. The minimum Gasteiger partial charge on any atom is -0.490 e. The molecule has 1 aliphatic heterocycles. The molecule has 0 spiro atoms. The van der Waals surface area contributed by atoms with Gasteiger partial charge in [-0.05, 0) is 56.2 Å². The number of imide groups is 1. The van der Waals surface area contributed by atoms with Crippen molar-refractivity contribution < 1.29 is 19.1 Å². The van der Waals surface area contributed by atoms with Crippen molar-refractivity contribution in [2.45, 2.75) is 20.3 Å². The van der Waals surface area contributed by atoms with Gasteiger partial charge in [0.15, 0.2) is 11.5 Å². The summed E-state index contributed by atoms with van der Waals surface area (Å²) in [6.07, 6.45) is 4.01. The molecule has 6 nitrogen and oxygen atoms in total. The molecule has 0 atom stereocenters. The van der Waals surface area contributed by atoms with Crippen molar-refractivity contribution in [2.75, 3.05) is 18.1 Å². The molecular weight excluding hydrogens is 368 g/mol. The second-order valence-corrected chi connectivity index (χ2v) is 6.33. The number of anilines is 1. The van der Waals surface area contributed by atoms with Crippen molar-refractivity contribution in [3.05, 3.63) is 71.9 Å². The Morgan fingerprint density at radius 3 is 2.45 bits per heavy atom. The van der Waals surface area contributed by atoms with E-state index in [1.165, 1.54) is 0 Å². The van der Waals surface area contributed by atoms with Crippen LogP contribution in [-0.4, -0.2) is 25.2 Å². The maximum atomic E-state index is 12.8. The first-order chi connectivity index (χ1) is 14.1. The predicted molar refractivity (Wildman–Crippen MR) is 113 cm³/mol. The smallest absolute Gasteiger partial charge is 0.333 e. The van der Waals surface area contributed by atoms with Crippen LogP contribution >= 0.6 is 0 Å². The molecule has 0 radical (unpaired) electrons. The molecule has 2 aromatic carbocycles. The number of amides is 3. The molecule has 29 heavy (non-hydrogen) atoms. The fourth-order valence-corrected chi connectivity index (χ4v) is 3.16. The second kappa shape index (κ2) is 9.10. The maximum Gasteiger partial charge on any atom is 0.333 e. The van der Waals surface area contributed by atoms with Gasteiger partial charge in [-0.1, -0.05) is 24.3 Å². The Bertz CT molecular complexity index is 951. The molecule has 1 aliphatic rings. The highest BCUT2D eigenvalue weighted by atomic mass is 16.5. The average Bonchev–Trinajstić information content (AvgIpc) is 2.98. The molecule has 0 unspecified atom stereocenters. The van der Waals surface area contributed by atoms with Gasteiger partial charge < -0.3 is 14.8 Å². The fraction of sp³-hybridized carbons (Fsp3) is 0.217. The van der Waals surface area contributed by atoms with E-state index in [-0.39, 0.29) is 5.70 Å². The van der Waals surface area contributed by atoms with E-state index in [1.807, 2.05) is 26.0 Å². The first kappa shape index (κ1) is 20.2. The summed E-state index contributed by atoms with van der Waals surface area (Å²) in [7, 11) is 0. The summed E-state index contributed by atoms with van der Waals surface area (Å²) in [5.74, 6) is 0.861. The van der Waals surface area contributed by atoms with Gasteiger partial charge in [-0.15, -0.1) is 6.58 Å². The number of rotatable bonds is 8. The molecule has 3 amide bonds. The number of benzene rings is 2. The molecule has 0 aromatic heterocycles. The van der Waals surface area contributed by atoms with Crippen LogP contribution in [0.25, 0.3) is 6.08 Å². The van der Waals surface area contributed by atoms with E-state index in [9.17, 15) is 9.59 Å². The van der Waals surface area contributed by atoms with E-state index in [4.69, 9.17) is 9.47 Å². The van der Waals surface area contributed by atoms with Crippen LogP contribution in [0.5, 0.6) is 11.5 Å². The summed E-state index contributed by atoms with van der Waals surface area (Å²) in [6, 6.07) is 12.1. The summed E-state index contributed by atoms with van der Waals surface area (Å²) in [5, 5.41) is 2.65. The third-order valence-corrected chi connectivity index (χ3v) is 4.31. The largest absolute Gasteiger partial charge is 0.490 e. The Morgan fingerprint density at radius 1 is 1.07 bits per heavy atom. The number of nitrogens with one attached hydrogen (secondary N) is 1.